The van der Waals surface area contributed by atoms with Crippen molar-refractivity contribution in [2.45, 2.75) is 0 Å². The molecule has 3 rings (SSSR count). The summed E-state index contributed by atoms with van der Waals surface area (Å²) in [5.41, 5.74) is 3.34. The Kier molecular flexibility index (Phi) is 5.03. The van der Waals surface area contributed by atoms with E-state index < -0.39 is 0 Å². The SMILES string of the molecule is C=CCOc1ccccc1C=NNC(=O)c1cc2ccccc2s1. The highest BCUT2D eigenvalue weighted by Crippen LogP contribution is 2.25. The molecule has 0 bridgehead atoms. The van der Waals surface area contributed by atoms with Crippen LogP contribution in [-0.4, -0.2) is 18.7 Å². The number of amides is 1. The van der Waals surface area contributed by atoms with Crippen molar-refractivity contribution in [3.8, 4) is 5.75 Å². The number of para-hydroxylation sites is 1. The Labute approximate surface area is 144 Å². The quantitative estimate of drug-likeness (QED) is 0.416. The Morgan fingerprint density at radius 2 is 2.00 bits per heavy atom. The van der Waals surface area contributed by atoms with Gasteiger partial charge in [-0.1, -0.05) is 43.0 Å². The van der Waals surface area contributed by atoms with Gasteiger partial charge in [-0.25, -0.2) is 5.43 Å². The molecular weight excluding hydrogens is 320 g/mol. The van der Waals surface area contributed by atoms with Gasteiger partial charge in [0, 0.05) is 10.3 Å². The summed E-state index contributed by atoms with van der Waals surface area (Å²) in [4.78, 5) is 12.8. The summed E-state index contributed by atoms with van der Waals surface area (Å²) in [7, 11) is 0. The molecule has 0 fully saturated rings. The van der Waals surface area contributed by atoms with Crippen molar-refractivity contribution in [2.24, 2.45) is 5.10 Å². The fourth-order valence-corrected chi connectivity index (χ4v) is 3.13. The van der Waals surface area contributed by atoms with Crippen LogP contribution in [-0.2, 0) is 0 Å². The normalized spacial score (nSPS) is 10.8. The number of nitrogens with one attached hydrogen (secondary N) is 1. The van der Waals surface area contributed by atoms with Crippen molar-refractivity contribution in [2.75, 3.05) is 6.61 Å². The van der Waals surface area contributed by atoms with E-state index in [1.54, 1.807) is 12.3 Å². The standard InChI is InChI=1S/C19H16N2O2S/c1-2-11-23-16-9-5-3-8-15(16)13-20-21-19(22)18-12-14-7-4-6-10-17(14)24-18/h2-10,12-13H,1,11H2,(H,21,22). The molecule has 0 saturated carbocycles. The molecule has 0 aliphatic carbocycles. The number of hydrazone groups is 1. The maximum atomic E-state index is 12.2. The number of rotatable bonds is 6. The third-order valence-electron chi connectivity index (χ3n) is 3.29. The smallest absolute Gasteiger partial charge is 0.281 e. The molecule has 0 atom stereocenters. The highest BCUT2D eigenvalue weighted by molar-refractivity contribution is 7.20. The summed E-state index contributed by atoms with van der Waals surface area (Å²) in [5, 5.41) is 5.09. The fourth-order valence-electron chi connectivity index (χ4n) is 2.18. The molecule has 0 unspecified atom stereocenters. The van der Waals surface area contributed by atoms with Crippen LogP contribution in [0, 0.1) is 0 Å². The Balaban J connectivity index is 1.69. The van der Waals surface area contributed by atoms with E-state index in [1.807, 2.05) is 54.6 Å². The Hall–Kier alpha value is -2.92. The maximum absolute atomic E-state index is 12.2. The monoisotopic (exact) mass is 336 g/mol. The van der Waals surface area contributed by atoms with E-state index >= 15 is 0 Å². The minimum Gasteiger partial charge on any atom is -0.489 e. The molecule has 120 valence electrons. The van der Waals surface area contributed by atoms with Crippen LogP contribution in [0.2, 0.25) is 0 Å². The lowest BCUT2D eigenvalue weighted by Gasteiger charge is -2.06. The Morgan fingerprint density at radius 3 is 2.83 bits per heavy atom. The van der Waals surface area contributed by atoms with Crippen LogP contribution in [0.25, 0.3) is 10.1 Å². The number of carbonyl (C=O) groups is 1. The van der Waals surface area contributed by atoms with E-state index in [4.69, 9.17) is 4.74 Å². The van der Waals surface area contributed by atoms with Gasteiger partial charge in [0.05, 0.1) is 11.1 Å². The molecule has 24 heavy (non-hydrogen) atoms. The van der Waals surface area contributed by atoms with Crippen LogP contribution >= 0.6 is 11.3 Å². The van der Waals surface area contributed by atoms with Crippen molar-refractivity contribution in [1.82, 2.24) is 5.43 Å². The van der Waals surface area contributed by atoms with Crippen LogP contribution in [0.15, 0.2) is 72.4 Å². The zero-order valence-corrected chi connectivity index (χ0v) is 13.8. The van der Waals surface area contributed by atoms with Crippen LogP contribution < -0.4 is 10.2 Å². The van der Waals surface area contributed by atoms with Gasteiger partial charge in [-0.15, -0.1) is 11.3 Å². The molecule has 0 aliphatic heterocycles. The van der Waals surface area contributed by atoms with E-state index in [0.717, 1.165) is 15.6 Å². The molecule has 0 spiro atoms. The number of hydrogen-bond acceptors (Lipinski definition) is 4. The predicted molar refractivity (Wildman–Crippen MR) is 99.0 cm³/mol. The number of thiophene rings is 1. The molecule has 1 amide bonds. The Morgan fingerprint density at radius 1 is 1.21 bits per heavy atom. The van der Waals surface area contributed by atoms with Gasteiger partial charge in [0.25, 0.3) is 5.91 Å². The molecule has 3 aromatic rings. The van der Waals surface area contributed by atoms with Gasteiger partial charge < -0.3 is 4.74 Å². The van der Waals surface area contributed by atoms with Crippen LogP contribution in [0.1, 0.15) is 15.2 Å². The van der Waals surface area contributed by atoms with Gasteiger partial charge >= 0.3 is 0 Å². The van der Waals surface area contributed by atoms with Gasteiger partial charge in [0.2, 0.25) is 0 Å². The average Bonchev–Trinajstić information content (AvgIpc) is 3.05. The predicted octanol–water partition coefficient (Wildman–Crippen LogP) is 4.23. The fraction of sp³-hybridized carbons (Fsp3) is 0.0526. The second-order valence-electron chi connectivity index (χ2n) is 4.99. The summed E-state index contributed by atoms with van der Waals surface area (Å²) in [5.74, 6) is 0.467. The van der Waals surface area contributed by atoms with Gasteiger partial charge in [-0.05, 0) is 29.7 Å². The van der Waals surface area contributed by atoms with E-state index in [9.17, 15) is 4.79 Å². The van der Waals surface area contributed by atoms with Crippen molar-refractivity contribution < 1.29 is 9.53 Å². The first-order valence-electron chi connectivity index (χ1n) is 7.42. The second-order valence-corrected chi connectivity index (χ2v) is 6.07. The van der Waals surface area contributed by atoms with Crippen LogP contribution in [0.4, 0.5) is 0 Å². The molecule has 1 aromatic heterocycles. The first-order valence-corrected chi connectivity index (χ1v) is 8.24. The maximum Gasteiger partial charge on any atom is 0.281 e. The molecule has 1 N–H and O–H groups in total. The first-order chi connectivity index (χ1) is 11.8. The molecule has 5 heteroatoms. The summed E-state index contributed by atoms with van der Waals surface area (Å²) in [6, 6.07) is 17.2. The molecule has 0 radical (unpaired) electrons. The van der Waals surface area contributed by atoms with Gasteiger partial charge in [-0.3, -0.25) is 4.79 Å². The van der Waals surface area contributed by atoms with Gasteiger partial charge in [-0.2, -0.15) is 5.10 Å². The lowest BCUT2D eigenvalue weighted by Crippen LogP contribution is -2.16. The average molecular weight is 336 g/mol. The molecule has 1 heterocycles. The number of carbonyl (C=O) groups excluding carboxylic acids is 1. The highest BCUT2D eigenvalue weighted by Gasteiger charge is 2.09. The van der Waals surface area contributed by atoms with Crippen molar-refractivity contribution in [3.05, 3.63) is 77.7 Å². The summed E-state index contributed by atoms with van der Waals surface area (Å²) in [6.07, 6.45) is 3.25. The summed E-state index contributed by atoms with van der Waals surface area (Å²) in [6.45, 7) is 4.04. The number of benzene rings is 2. The third kappa shape index (κ3) is 3.70. The number of ether oxygens (including phenoxy) is 1. The van der Waals surface area contributed by atoms with Crippen LogP contribution in [0.3, 0.4) is 0 Å². The van der Waals surface area contributed by atoms with E-state index in [0.29, 0.717) is 17.2 Å². The van der Waals surface area contributed by atoms with E-state index in [2.05, 4.69) is 17.1 Å². The zero-order valence-electron chi connectivity index (χ0n) is 12.9. The summed E-state index contributed by atoms with van der Waals surface area (Å²) >= 11 is 1.44. The van der Waals surface area contributed by atoms with E-state index in [-0.39, 0.29) is 5.91 Å². The second kappa shape index (κ2) is 7.57. The Bertz CT molecular complexity index is 866. The van der Waals surface area contributed by atoms with Crippen molar-refractivity contribution in [3.63, 3.8) is 0 Å². The molecule has 0 saturated heterocycles. The number of hydrogen-bond donors (Lipinski definition) is 1. The summed E-state index contributed by atoms with van der Waals surface area (Å²) < 4.78 is 6.63. The highest BCUT2D eigenvalue weighted by atomic mass is 32.1. The van der Waals surface area contributed by atoms with Crippen molar-refractivity contribution >= 4 is 33.5 Å². The van der Waals surface area contributed by atoms with E-state index in [1.165, 1.54) is 11.3 Å². The lowest BCUT2D eigenvalue weighted by molar-refractivity contribution is 0.0959. The lowest BCUT2D eigenvalue weighted by atomic mass is 10.2. The van der Waals surface area contributed by atoms with Gasteiger partial charge in [0.1, 0.15) is 12.4 Å². The number of nitrogens with zero attached hydrogens (tertiary/aromatic N) is 1. The largest absolute Gasteiger partial charge is 0.489 e. The zero-order chi connectivity index (χ0) is 16.8. The third-order valence-corrected chi connectivity index (χ3v) is 4.41. The molecule has 0 aliphatic rings. The first kappa shape index (κ1) is 16.0. The molecule has 2 aromatic carbocycles. The molecule has 4 nitrogen and oxygen atoms in total. The minimum atomic E-state index is -0.225. The van der Waals surface area contributed by atoms with Crippen LogP contribution in [0.5, 0.6) is 5.75 Å². The minimum absolute atomic E-state index is 0.225. The number of fused-ring (bicyclic) bond motifs is 1. The molecular formula is C19H16N2O2S. The van der Waals surface area contributed by atoms with Gasteiger partial charge in [0.15, 0.2) is 0 Å². The topological polar surface area (TPSA) is 50.7 Å². The van der Waals surface area contributed by atoms with Crippen molar-refractivity contribution in [1.29, 1.82) is 0 Å².